The third-order valence-electron chi connectivity index (χ3n) is 5.11. The molecule has 2 bridgehead atoms. The smallest absolute Gasteiger partial charge is 0.245 e. The second-order valence-corrected chi connectivity index (χ2v) is 6.75. The predicted octanol–water partition coefficient (Wildman–Crippen LogP) is 1.01. The predicted molar refractivity (Wildman–Crippen MR) is 86.5 cm³/mol. The second kappa shape index (κ2) is 7.13. The van der Waals surface area contributed by atoms with Crippen molar-refractivity contribution < 1.29 is 14.7 Å². The van der Waals surface area contributed by atoms with Crippen molar-refractivity contribution >= 4 is 11.8 Å². The standard InChI is InChI=1S/C18H24N2O3/c21-11-16(19-17(22)10-12-4-2-1-3-5-12)18(23)20-15-9-13-6-7-14(15)8-13/h1-5,13-16,21H,6-11H2,(H,19,22)(H,20,23)/t13?,14?,15?,16-/m0/s1. The first-order valence-corrected chi connectivity index (χ1v) is 8.40. The third-order valence-corrected chi connectivity index (χ3v) is 5.11. The number of amides is 2. The van der Waals surface area contributed by atoms with Gasteiger partial charge in [-0.25, -0.2) is 0 Å². The van der Waals surface area contributed by atoms with E-state index in [1.807, 2.05) is 30.3 Å². The highest BCUT2D eigenvalue weighted by Gasteiger charge is 2.40. The van der Waals surface area contributed by atoms with Crippen LogP contribution in [0.4, 0.5) is 0 Å². The first kappa shape index (κ1) is 16.0. The minimum absolute atomic E-state index is 0.207. The van der Waals surface area contributed by atoms with Gasteiger partial charge >= 0.3 is 0 Å². The SMILES string of the molecule is O=C(Cc1ccccc1)N[C@@H](CO)C(=O)NC1CC2CCC1C2. The number of aliphatic hydroxyl groups is 1. The zero-order valence-corrected chi connectivity index (χ0v) is 13.2. The fourth-order valence-electron chi connectivity index (χ4n) is 3.93. The van der Waals surface area contributed by atoms with Gasteiger partial charge in [0.1, 0.15) is 6.04 Å². The highest BCUT2D eigenvalue weighted by atomic mass is 16.3. The molecule has 0 saturated heterocycles. The number of benzene rings is 1. The van der Waals surface area contributed by atoms with Gasteiger partial charge in [0, 0.05) is 6.04 Å². The lowest BCUT2D eigenvalue weighted by Gasteiger charge is -2.25. The fourth-order valence-corrected chi connectivity index (χ4v) is 3.93. The van der Waals surface area contributed by atoms with Crippen LogP contribution < -0.4 is 10.6 Å². The van der Waals surface area contributed by atoms with E-state index in [1.54, 1.807) is 0 Å². The first-order valence-electron chi connectivity index (χ1n) is 8.40. The van der Waals surface area contributed by atoms with Crippen molar-refractivity contribution in [3.05, 3.63) is 35.9 Å². The van der Waals surface area contributed by atoms with Crippen LogP contribution in [-0.2, 0) is 16.0 Å². The number of fused-ring (bicyclic) bond motifs is 2. The van der Waals surface area contributed by atoms with Gasteiger partial charge in [-0.2, -0.15) is 0 Å². The van der Waals surface area contributed by atoms with E-state index in [2.05, 4.69) is 10.6 Å². The van der Waals surface area contributed by atoms with Gasteiger partial charge in [-0.3, -0.25) is 9.59 Å². The molecule has 1 aromatic rings. The number of aliphatic hydroxyl groups excluding tert-OH is 1. The molecule has 0 aromatic heterocycles. The minimum atomic E-state index is -0.870. The zero-order valence-electron chi connectivity index (χ0n) is 13.2. The Morgan fingerprint density at radius 1 is 1.17 bits per heavy atom. The summed E-state index contributed by atoms with van der Waals surface area (Å²) in [7, 11) is 0. The Morgan fingerprint density at radius 3 is 2.57 bits per heavy atom. The molecule has 3 N–H and O–H groups in total. The summed E-state index contributed by atoms with van der Waals surface area (Å²) in [6, 6.07) is 8.70. The summed E-state index contributed by atoms with van der Waals surface area (Å²) in [6.07, 6.45) is 4.90. The summed E-state index contributed by atoms with van der Waals surface area (Å²) in [6.45, 7) is -0.382. The van der Waals surface area contributed by atoms with E-state index in [4.69, 9.17) is 0 Å². The lowest BCUT2D eigenvalue weighted by Crippen LogP contribution is -2.52. The molecule has 2 fully saturated rings. The van der Waals surface area contributed by atoms with Crippen molar-refractivity contribution in [3.63, 3.8) is 0 Å². The van der Waals surface area contributed by atoms with Crippen LogP contribution in [0.25, 0.3) is 0 Å². The Balaban J connectivity index is 1.50. The van der Waals surface area contributed by atoms with Crippen LogP contribution in [-0.4, -0.2) is 35.6 Å². The molecular weight excluding hydrogens is 292 g/mol. The van der Waals surface area contributed by atoms with Crippen molar-refractivity contribution in [1.29, 1.82) is 0 Å². The molecule has 5 heteroatoms. The van der Waals surface area contributed by atoms with Crippen LogP contribution in [0.5, 0.6) is 0 Å². The number of nitrogens with one attached hydrogen (secondary N) is 2. The molecule has 2 saturated carbocycles. The van der Waals surface area contributed by atoms with E-state index < -0.39 is 6.04 Å². The van der Waals surface area contributed by atoms with Crippen molar-refractivity contribution in [2.75, 3.05) is 6.61 Å². The summed E-state index contributed by atoms with van der Waals surface area (Å²) in [5.41, 5.74) is 0.884. The topological polar surface area (TPSA) is 78.4 Å². The normalized spacial score (nSPS) is 26.7. The average Bonchev–Trinajstić information content (AvgIpc) is 3.16. The van der Waals surface area contributed by atoms with Gasteiger partial charge in [-0.15, -0.1) is 0 Å². The Kier molecular flexibility index (Phi) is 4.96. The molecule has 23 heavy (non-hydrogen) atoms. The van der Waals surface area contributed by atoms with Gasteiger partial charge in [-0.1, -0.05) is 36.8 Å². The largest absolute Gasteiger partial charge is 0.394 e. The van der Waals surface area contributed by atoms with Gasteiger partial charge in [-0.05, 0) is 36.7 Å². The Labute approximate surface area is 136 Å². The second-order valence-electron chi connectivity index (χ2n) is 6.75. The van der Waals surface area contributed by atoms with Crippen molar-refractivity contribution in [2.45, 2.75) is 44.2 Å². The highest BCUT2D eigenvalue weighted by Crippen LogP contribution is 2.44. The summed E-state index contributed by atoms with van der Waals surface area (Å²) in [4.78, 5) is 24.4. The molecule has 3 unspecified atom stereocenters. The van der Waals surface area contributed by atoms with Crippen LogP contribution in [0.1, 0.15) is 31.2 Å². The van der Waals surface area contributed by atoms with E-state index in [0.29, 0.717) is 5.92 Å². The monoisotopic (exact) mass is 316 g/mol. The zero-order chi connectivity index (χ0) is 16.2. The van der Waals surface area contributed by atoms with E-state index in [9.17, 15) is 14.7 Å². The van der Waals surface area contributed by atoms with E-state index in [0.717, 1.165) is 17.9 Å². The highest BCUT2D eigenvalue weighted by molar-refractivity contribution is 5.88. The van der Waals surface area contributed by atoms with Crippen molar-refractivity contribution in [2.24, 2.45) is 11.8 Å². The number of hydrogen-bond acceptors (Lipinski definition) is 3. The van der Waals surface area contributed by atoms with Gasteiger partial charge in [0.15, 0.2) is 0 Å². The molecule has 2 aliphatic rings. The van der Waals surface area contributed by atoms with Gasteiger partial charge in [0.25, 0.3) is 0 Å². The molecule has 0 aliphatic heterocycles. The van der Waals surface area contributed by atoms with Crippen molar-refractivity contribution in [3.8, 4) is 0 Å². The number of carbonyl (C=O) groups excluding carboxylic acids is 2. The maximum Gasteiger partial charge on any atom is 0.245 e. The van der Waals surface area contributed by atoms with Crippen LogP contribution >= 0.6 is 0 Å². The number of hydrogen-bond donors (Lipinski definition) is 3. The molecule has 124 valence electrons. The summed E-state index contributed by atoms with van der Waals surface area (Å²) in [5.74, 6) is 0.790. The van der Waals surface area contributed by atoms with Crippen molar-refractivity contribution in [1.82, 2.24) is 10.6 Å². The fraction of sp³-hybridized carbons (Fsp3) is 0.556. The molecular formula is C18H24N2O3. The van der Waals surface area contributed by atoms with E-state index in [1.165, 1.54) is 19.3 Å². The summed E-state index contributed by atoms with van der Waals surface area (Å²) < 4.78 is 0. The average molecular weight is 316 g/mol. The van der Waals surface area contributed by atoms with Gasteiger partial charge in [0.2, 0.25) is 11.8 Å². The molecule has 4 atom stereocenters. The Hall–Kier alpha value is -1.88. The quantitative estimate of drug-likeness (QED) is 0.733. The maximum absolute atomic E-state index is 12.3. The first-order chi connectivity index (χ1) is 11.2. The van der Waals surface area contributed by atoms with Gasteiger partial charge in [0.05, 0.1) is 13.0 Å². The van der Waals surface area contributed by atoms with Crippen LogP contribution in [0.2, 0.25) is 0 Å². The summed E-state index contributed by atoms with van der Waals surface area (Å²) >= 11 is 0. The summed E-state index contributed by atoms with van der Waals surface area (Å²) in [5, 5.41) is 15.1. The Morgan fingerprint density at radius 2 is 1.96 bits per heavy atom. The van der Waals surface area contributed by atoms with E-state index in [-0.39, 0.29) is 30.9 Å². The molecule has 5 nitrogen and oxygen atoms in total. The van der Waals surface area contributed by atoms with E-state index >= 15 is 0 Å². The minimum Gasteiger partial charge on any atom is -0.394 e. The lowest BCUT2D eigenvalue weighted by molar-refractivity contribution is -0.130. The number of carbonyl (C=O) groups is 2. The molecule has 0 heterocycles. The molecule has 2 amide bonds. The lowest BCUT2D eigenvalue weighted by atomic mass is 9.95. The van der Waals surface area contributed by atoms with Crippen LogP contribution in [0, 0.1) is 11.8 Å². The molecule has 0 spiro atoms. The maximum atomic E-state index is 12.3. The Bertz CT molecular complexity index is 561. The molecule has 0 radical (unpaired) electrons. The molecule has 2 aliphatic carbocycles. The van der Waals surface area contributed by atoms with Crippen LogP contribution in [0.3, 0.4) is 0 Å². The molecule has 1 aromatic carbocycles. The third kappa shape index (κ3) is 3.91. The number of rotatable bonds is 6. The van der Waals surface area contributed by atoms with Crippen LogP contribution in [0.15, 0.2) is 30.3 Å². The molecule has 3 rings (SSSR count). The van der Waals surface area contributed by atoms with Gasteiger partial charge < -0.3 is 15.7 Å².